The van der Waals surface area contributed by atoms with Crippen LogP contribution in [0.15, 0.2) is 65.7 Å². The van der Waals surface area contributed by atoms with Gasteiger partial charge in [-0.05, 0) is 19.4 Å². The van der Waals surface area contributed by atoms with Gasteiger partial charge < -0.3 is 4.74 Å². The summed E-state index contributed by atoms with van der Waals surface area (Å²) in [6.45, 7) is 4.17. The second-order valence-electron chi connectivity index (χ2n) is 4.82. The molecule has 112 valence electrons. The highest BCUT2D eigenvalue weighted by Crippen LogP contribution is 2.16. The first-order chi connectivity index (χ1) is 10.7. The lowest BCUT2D eigenvalue weighted by Crippen LogP contribution is -2.00. The van der Waals surface area contributed by atoms with Crippen LogP contribution in [0.5, 0.6) is 0 Å². The van der Waals surface area contributed by atoms with E-state index in [-0.39, 0.29) is 5.97 Å². The second-order valence-corrected chi connectivity index (χ2v) is 4.82. The zero-order valence-electron chi connectivity index (χ0n) is 12.8. The average molecular weight is 293 g/mol. The summed E-state index contributed by atoms with van der Waals surface area (Å²) < 4.78 is 4.97. The molecule has 2 rings (SSSR count). The van der Waals surface area contributed by atoms with E-state index < -0.39 is 0 Å². The normalized spacial score (nSPS) is 11.6. The van der Waals surface area contributed by atoms with Crippen LogP contribution in [0.4, 0.5) is 0 Å². The van der Waals surface area contributed by atoms with Crippen LogP contribution < -0.4 is 0 Å². The van der Waals surface area contributed by atoms with E-state index in [1.54, 1.807) is 13.1 Å². The zero-order chi connectivity index (χ0) is 15.8. The number of ether oxygens (including phenoxy) is 1. The lowest BCUT2D eigenvalue weighted by molar-refractivity contribution is -0.137. The first-order valence-electron chi connectivity index (χ1n) is 7.23. The highest BCUT2D eigenvalue weighted by molar-refractivity contribution is 5.94. The molecule has 0 saturated heterocycles. The number of rotatable bonds is 5. The number of hydrogen-bond acceptors (Lipinski definition) is 3. The number of nitrogens with zero attached hydrogens (tertiary/aromatic N) is 1. The lowest BCUT2D eigenvalue weighted by Gasteiger charge is -2.03. The molecule has 0 aromatic heterocycles. The van der Waals surface area contributed by atoms with Crippen molar-refractivity contribution in [2.75, 3.05) is 6.61 Å². The van der Waals surface area contributed by atoms with Crippen LogP contribution in [0.3, 0.4) is 0 Å². The minimum absolute atomic E-state index is 0.346. The summed E-state index contributed by atoms with van der Waals surface area (Å²) in [5, 5.41) is 0. The van der Waals surface area contributed by atoms with Crippen molar-refractivity contribution < 1.29 is 9.53 Å². The number of carbonyl (C=O) groups excluding carboxylic acids is 1. The Bertz CT molecular complexity index is 670. The van der Waals surface area contributed by atoms with E-state index in [1.807, 2.05) is 61.5 Å². The fourth-order valence-electron chi connectivity index (χ4n) is 1.90. The summed E-state index contributed by atoms with van der Waals surface area (Å²) in [4.78, 5) is 16.2. The van der Waals surface area contributed by atoms with Gasteiger partial charge in [0, 0.05) is 17.9 Å². The van der Waals surface area contributed by atoms with E-state index in [4.69, 9.17) is 4.74 Å². The van der Waals surface area contributed by atoms with Gasteiger partial charge in [-0.3, -0.25) is 4.99 Å². The summed E-state index contributed by atoms with van der Waals surface area (Å²) in [7, 11) is 0. The lowest BCUT2D eigenvalue weighted by atomic mass is 10.1. The number of benzene rings is 2. The third-order valence-electron chi connectivity index (χ3n) is 3.04. The number of hydrogen-bond donors (Lipinski definition) is 0. The van der Waals surface area contributed by atoms with Crippen molar-refractivity contribution in [3.63, 3.8) is 0 Å². The standard InChI is InChI=1S/C19H19NO2/c1-3-22-19(21)13-18(17-7-5-4-6-8-17)20-14-16-11-9-15(2)10-12-16/h4-14H,3H2,1-2H3/b18-13-,20-14?. The summed E-state index contributed by atoms with van der Waals surface area (Å²) in [6.07, 6.45) is 3.17. The number of carbonyl (C=O) groups is 1. The van der Waals surface area contributed by atoms with Crippen molar-refractivity contribution in [2.45, 2.75) is 13.8 Å². The second kappa shape index (κ2) is 7.93. The molecule has 3 heteroatoms. The molecule has 0 aliphatic heterocycles. The van der Waals surface area contributed by atoms with Crippen molar-refractivity contribution in [3.05, 3.63) is 77.4 Å². The molecule has 0 amide bonds. The maximum Gasteiger partial charge on any atom is 0.332 e. The summed E-state index contributed by atoms with van der Waals surface area (Å²) >= 11 is 0. The first kappa shape index (κ1) is 15.7. The molecule has 0 unspecified atom stereocenters. The molecule has 3 nitrogen and oxygen atoms in total. The van der Waals surface area contributed by atoms with Gasteiger partial charge >= 0.3 is 5.97 Å². The Morgan fingerprint density at radius 3 is 2.41 bits per heavy atom. The van der Waals surface area contributed by atoms with Crippen molar-refractivity contribution in [2.24, 2.45) is 4.99 Å². The Morgan fingerprint density at radius 1 is 1.09 bits per heavy atom. The highest BCUT2D eigenvalue weighted by Gasteiger charge is 2.04. The van der Waals surface area contributed by atoms with E-state index in [0.29, 0.717) is 12.3 Å². The Kier molecular flexibility index (Phi) is 5.66. The van der Waals surface area contributed by atoms with Gasteiger partial charge in [0.15, 0.2) is 0 Å². The summed E-state index contributed by atoms with van der Waals surface area (Å²) in [5.41, 5.74) is 3.64. The number of aryl methyl sites for hydroxylation is 1. The molecule has 0 saturated carbocycles. The molecule has 0 aliphatic rings. The largest absolute Gasteiger partial charge is 0.463 e. The Balaban J connectivity index is 2.28. The van der Waals surface area contributed by atoms with Crippen molar-refractivity contribution in [1.82, 2.24) is 0 Å². The smallest absolute Gasteiger partial charge is 0.332 e. The average Bonchev–Trinajstić information content (AvgIpc) is 2.54. The van der Waals surface area contributed by atoms with Gasteiger partial charge in [-0.15, -0.1) is 0 Å². The van der Waals surface area contributed by atoms with Gasteiger partial charge in [0.05, 0.1) is 12.3 Å². The van der Waals surface area contributed by atoms with E-state index in [0.717, 1.165) is 11.1 Å². The van der Waals surface area contributed by atoms with Crippen molar-refractivity contribution in [1.29, 1.82) is 0 Å². The molecule has 2 aromatic rings. The van der Waals surface area contributed by atoms with Crippen LogP contribution in [0, 0.1) is 6.92 Å². The molecular weight excluding hydrogens is 274 g/mol. The van der Waals surface area contributed by atoms with Crippen LogP contribution >= 0.6 is 0 Å². The minimum atomic E-state index is -0.387. The molecule has 0 radical (unpaired) electrons. The van der Waals surface area contributed by atoms with Gasteiger partial charge in [-0.2, -0.15) is 0 Å². The van der Waals surface area contributed by atoms with E-state index >= 15 is 0 Å². The van der Waals surface area contributed by atoms with Crippen LogP contribution in [0.25, 0.3) is 5.70 Å². The van der Waals surface area contributed by atoms with Crippen LogP contribution in [-0.2, 0) is 9.53 Å². The van der Waals surface area contributed by atoms with E-state index in [1.165, 1.54) is 11.6 Å². The van der Waals surface area contributed by atoms with Crippen LogP contribution in [0.1, 0.15) is 23.6 Å². The number of aliphatic imine (C=N–C) groups is 1. The molecule has 0 N–H and O–H groups in total. The van der Waals surface area contributed by atoms with Crippen molar-refractivity contribution >= 4 is 17.9 Å². The molecule has 0 atom stereocenters. The SMILES string of the molecule is CCOC(=O)/C=C(\N=Cc1ccc(C)cc1)c1ccccc1. The van der Waals surface area contributed by atoms with E-state index in [9.17, 15) is 4.79 Å². The third-order valence-corrected chi connectivity index (χ3v) is 3.04. The number of esters is 1. The summed E-state index contributed by atoms with van der Waals surface area (Å²) in [6, 6.07) is 17.6. The highest BCUT2D eigenvalue weighted by atomic mass is 16.5. The topological polar surface area (TPSA) is 38.7 Å². The molecule has 22 heavy (non-hydrogen) atoms. The molecule has 0 fully saturated rings. The predicted octanol–water partition coefficient (Wildman–Crippen LogP) is 4.02. The first-order valence-corrected chi connectivity index (χ1v) is 7.23. The monoisotopic (exact) mass is 293 g/mol. The Labute approximate surface area is 131 Å². The maximum absolute atomic E-state index is 11.7. The fraction of sp³-hybridized carbons (Fsp3) is 0.158. The molecule has 0 heterocycles. The molecular formula is C19H19NO2. The summed E-state index contributed by atoms with van der Waals surface area (Å²) in [5.74, 6) is -0.387. The quantitative estimate of drug-likeness (QED) is 0.474. The van der Waals surface area contributed by atoms with Gasteiger partial charge in [0.25, 0.3) is 0 Å². The Morgan fingerprint density at radius 2 is 1.77 bits per heavy atom. The van der Waals surface area contributed by atoms with Crippen LogP contribution in [0.2, 0.25) is 0 Å². The Hall–Kier alpha value is -2.68. The van der Waals surface area contributed by atoms with E-state index in [2.05, 4.69) is 4.99 Å². The molecule has 2 aromatic carbocycles. The van der Waals surface area contributed by atoms with Crippen molar-refractivity contribution in [3.8, 4) is 0 Å². The maximum atomic E-state index is 11.7. The molecule has 0 aliphatic carbocycles. The zero-order valence-corrected chi connectivity index (χ0v) is 12.8. The molecule has 0 spiro atoms. The van der Waals surface area contributed by atoms with Gasteiger partial charge in [0.2, 0.25) is 0 Å². The minimum Gasteiger partial charge on any atom is -0.463 e. The van der Waals surface area contributed by atoms with Crippen LogP contribution in [-0.4, -0.2) is 18.8 Å². The molecule has 0 bridgehead atoms. The third kappa shape index (κ3) is 4.70. The van der Waals surface area contributed by atoms with Gasteiger partial charge in [-0.1, -0.05) is 60.2 Å². The van der Waals surface area contributed by atoms with Gasteiger partial charge in [-0.25, -0.2) is 4.79 Å². The van der Waals surface area contributed by atoms with Gasteiger partial charge in [0.1, 0.15) is 0 Å². The fourth-order valence-corrected chi connectivity index (χ4v) is 1.90. The predicted molar refractivity (Wildman–Crippen MR) is 89.8 cm³/mol.